The second kappa shape index (κ2) is 8.21. The van der Waals surface area contributed by atoms with E-state index in [0.717, 1.165) is 54.2 Å². The Morgan fingerprint density at radius 1 is 0.931 bits per heavy atom. The summed E-state index contributed by atoms with van der Waals surface area (Å²) in [6, 6.07) is 18.3. The highest BCUT2D eigenvalue weighted by Crippen LogP contribution is 2.30. The second-order valence-corrected chi connectivity index (χ2v) is 7.25. The van der Waals surface area contributed by atoms with E-state index in [1.165, 1.54) is 0 Å². The number of rotatable bonds is 8. The minimum absolute atomic E-state index is 0.114. The lowest BCUT2D eigenvalue weighted by Crippen LogP contribution is -2.27. The van der Waals surface area contributed by atoms with Crippen LogP contribution in [0, 0.1) is 0 Å². The molecule has 0 fully saturated rings. The first-order chi connectivity index (χ1) is 14.2. The van der Waals surface area contributed by atoms with Crippen molar-refractivity contribution in [3.05, 3.63) is 60.3 Å². The lowest BCUT2D eigenvalue weighted by molar-refractivity contribution is 0.0983. The van der Waals surface area contributed by atoms with Gasteiger partial charge in [-0.3, -0.25) is 9.20 Å². The maximum absolute atomic E-state index is 13.0. The zero-order valence-electron chi connectivity index (χ0n) is 17.4. The fourth-order valence-electron chi connectivity index (χ4n) is 4.03. The summed E-state index contributed by atoms with van der Waals surface area (Å²) in [5.41, 5.74) is 4.59. The van der Waals surface area contributed by atoms with Gasteiger partial charge in [0.05, 0.1) is 11.0 Å². The molecule has 0 spiro atoms. The molecule has 0 aliphatic heterocycles. The number of carbonyl (C=O) groups excluding carboxylic acids is 1. The summed E-state index contributed by atoms with van der Waals surface area (Å²) in [6.07, 6.45) is 0.451. The highest BCUT2D eigenvalue weighted by Gasteiger charge is 2.24. The number of likely N-dealkylation sites (N-methyl/N-ethyl adjacent to an activating group) is 1. The highest BCUT2D eigenvalue weighted by molar-refractivity contribution is 6.03. The number of Topliss-reactive ketones (excluding diaryl/α,β-unsaturated/α-hetero) is 1. The molecule has 150 valence electrons. The van der Waals surface area contributed by atoms with Gasteiger partial charge in [0.15, 0.2) is 5.78 Å². The SMILES string of the molecule is CCC(=O)c1c(-c2ccccc2)nc2n(CCN(CC)CC)c3ccccc3n12. The van der Waals surface area contributed by atoms with Gasteiger partial charge in [-0.15, -0.1) is 0 Å². The summed E-state index contributed by atoms with van der Waals surface area (Å²) < 4.78 is 4.32. The summed E-state index contributed by atoms with van der Waals surface area (Å²) in [7, 11) is 0. The average Bonchev–Trinajstić information content (AvgIpc) is 3.30. The van der Waals surface area contributed by atoms with E-state index in [0.29, 0.717) is 12.1 Å². The van der Waals surface area contributed by atoms with Gasteiger partial charge in [0, 0.05) is 25.1 Å². The summed E-state index contributed by atoms with van der Waals surface area (Å²) in [4.78, 5) is 20.4. The lowest BCUT2D eigenvalue weighted by Gasteiger charge is -2.18. The lowest BCUT2D eigenvalue weighted by atomic mass is 10.1. The zero-order chi connectivity index (χ0) is 20.4. The smallest absolute Gasteiger partial charge is 0.216 e. The Balaban J connectivity index is 1.97. The predicted octanol–water partition coefficient (Wildman–Crippen LogP) is 4.89. The van der Waals surface area contributed by atoms with E-state index in [-0.39, 0.29) is 5.78 Å². The number of para-hydroxylation sites is 2. The number of hydrogen-bond acceptors (Lipinski definition) is 3. The molecule has 2 aromatic heterocycles. The van der Waals surface area contributed by atoms with Crippen LogP contribution >= 0.6 is 0 Å². The van der Waals surface area contributed by atoms with E-state index in [4.69, 9.17) is 4.98 Å². The molecule has 5 heteroatoms. The molecule has 5 nitrogen and oxygen atoms in total. The largest absolute Gasteiger partial charge is 0.308 e. The van der Waals surface area contributed by atoms with Crippen LogP contribution in [0.1, 0.15) is 37.7 Å². The van der Waals surface area contributed by atoms with Crippen molar-refractivity contribution in [1.82, 2.24) is 18.9 Å². The Morgan fingerprint density at radius 3 is 2.24 bits per heavy atom. The van der Waals surface area contributed by atoms with E-state index in [9.17, 15) is 4.79 Å². The molecule has 2 aromatic carbocycles. The van der Waals surface area contributed by atoms with Gasteiger partial charge in [0.2, 0.25) is 5.78 Å². The van der Waals surface area contributed by atoms with Crippen LogP contribution in [-0.2, 0) is 6.54 Å². The molecular weight excluding hydrogens is 360 g/mol. The van der Waals surface area contributed by atoms with Crippen molar-refractivity contribution in [2.75, 3.05) is 19.6 Å². The third kappa shape index (κ3) is 3.36. The number of benzene rings is 2. The molecule has 0 atom stereocenters. The third-order valence-electron chi connectivity index (χ3n) is 5.68. The molecule has 4 aromatic rings. The fourth-order valence-corrected chi connectivity index (χ4v) is 4.03. The van der Waals surface area contributed by atoms with Crippen LogP contribution in [-0.4, -0.2) is 44.3 Å². The van der Waals surface area contributed by atoms with E-state index >= 15 is 0 Å². The maximum Gasteiger partial charge on any atom is 0.216 e. The van der Waals surface area contributed by atoms with Crippen molar-refractivity contribution in [2.24, 2.45) is 0 Å². The van der Waals surface area contributed by atoms with Gasteiger partial charge in [-0.25, -0.2) is 4.98 Å². The van der Waals surface area contributed by atoms with E-state index in [1.807, 2.05) is 43.3 Å². The molecule has 29 heavy (non-hydrogen) atoms. The molecule has 0 saturated heterocycles. The number of hydrogen-bond donors (Lipinski definition) is 0. The van der Waals surface area contributed by atoms with Crippen molar-refractivity contribution in [1.29, 1.82) is 0 Å². The van der Waals surface area contributed by atoms with E-state index in [1.54, 1.807) is 0 Å². The van der Waals surface area contributed by atoms with Crippen LogP contribution in [0.4, 0.5) is 0 Å². The van der Waals surface area contributed by atoms with Crippen LogP contribution in [0.15, 0.2) is 54.6 Å². The Morgan fingerprint density at radius 2 is 1.59 bits per heavy atom. The quantitative estimate of drug-likeness (QED) is 0.404. The second-order valence-electron chi connectivity index (χ2n) is 7.25. The monoisotopic (exact) mass is 388 g/mol. The van der Waals surface area contributed by atoms with E-state index < -0.39 is 0 Å². The number of imidazole rings is 2. The van der Waals surface area contributed by atoms with Crippen LogP contribution in [0.5, 0.6) is 0 Å². The van der Waals surface area contributed by atoms with Crippen molar-refractivity contribution in [3.63, 3.8) is 0 Å². The molecule has 2 heterocycles. The van der Waals surface area contributed by atoms with E-state index in [2.05, 4.69) is 45.9 Å². The van der Waals surface area contributed by atoms with Gasteiger partial charge in [0.1, 0.15) is 11.4 Å². The number of ketones is 1. The van der Waals surface area contributed by atoms with Crippen LogP contribution < -0.4 is 0 Å². The van der Waals surface area contributed by atoms with Gasteiger partial charge >= 0.3 is 0 Å². The maximum atomic E-state index is 13.0. The first-order valence-corrected chi connectivity index (χ1v) is 10.5. The molecule has 0 N–H and O–H groups in total. The van der Waals surface area contributed by atoms with Crippen LogP contribution in [0.3, 0.4) is 0 Å². The Kier molecular flexibility index (Phi) is 5.49. The molecular formula is C24H28N4O. The molecule has 0 unspecified atom stereocenters. The van der Waals surface area contributed by atoms with Crippen molar-refractivity contribution in [2.45, 2.75) is 33.7 Å². The van der Waals surface area contributed by atoms with Crippen molar-refractivity contribution in [3.8, 4) is 11.3 Å². The first-order valence-electron chi connectivity index (χ1n) is 10.5. The molecule has 0 aliphatic rings. The first kappa shape index (κ1) is 19.4. The predicted molar refractivity (Wildman–Crippen MR) is 119 cm³/mol. The summed E-state index contributed by atoms with van der Waals surface area (Å²) in [5, 5.41) is 0. The molecule has 0 aliphatic carbocycles. The summed E-state index contributed by atoms with van der Waals surface area (Å²) in [6.45, 7) is 10.1. The topological polar surface area (TPSA) is 42.5 Å². The van der Waals surface area contributed by atoms with Crippen molar-refractivity contribution >= 4 is 22.6 Å². The highest BCUT2D eigenvalue weighted by atomic mass is 16.1. The molecule has 0 saturated carbocycles. The number of fused-ring (bicyclic) bond motifs is 3. The Hall–Kier alpha value is -2.92. The van der Waals surface area contributed by atoms with Gasteiger partial charge in [-0.2, -0.15) is 0 Å². The third-order valence-corrected chi connectivity index (χ3v) is 5.68. The molecule has 0 amide bonds. The van der Waals surface area contributed by atoms with Gasteiger partial charge < -0.3 is 9.47 Å². The summed E-state index contributed by atoms with van der Waals surface area (Å²) in [5.74, 6) is 0.956. The summed E-state index contributed by atoms with van der Waals surface area (Å²) >= 11 is 0. The molecule has 0 radical (unpaired) electrons. The fraction of sp³-hybridized carbons (Fsp3) is 0.333. The van der Waals surface area contributed by atoms with Gasteiger partial charge in [-0.05, 0) is 25.2 Å². The standard InChI is InChI=1S/C24H28N4O/c1-4-21(29)23-22(18-12-8-7-9-13-18)25-24-27(17-16-26(5-2)6-3)19-14-10-11-15-20(19)28(23)24/h7-15H,4-6,16-17H2,1-3H3. The Bertz CT molecular complexity index is 1140. The van der Waals surface area contributed by atoms with Crippen LogP contribution in [0.2, 0.25) is 0 Å². The molecule has 4 rings (SSSR count). The minimum atomic E-state index is 0.114. The van der Waals surface area contributed by atoms with Gasteiger partial charge in [0.25, 0.3) is 0 Å². The number of nitrogens with zero attached hydrogens (tertiary/aromatic N) is 4. The average molecular weight is 389 g/mol. The van der Waals surface area contributed by atoms with Crippen LogP contribution in [0.25, 0.3) is 28.1 Å². The molecule has 0 bridgehead atoms. The Labute approximate surface area is 171 Å². The van der Waals surface area contributed by atoms with Gasteiger partial charge in [-0.1, -0.05) is 63.2 Å². The van der Waals surface area contributed by atoms with Crippen molar-refractivity contribution < 1.29 is 4.79 Å². The minimum Gasteiger partial charge on any atom is -0.308 e. The number of carbonyl (C=O) groups is 1. The zero-order valence-corrected chi connectivity index (χ0v) is 17.4. The normalized spacial score (nSPS) is 11.7. The number of aromatic nitrogens is 3.